The van der Waals surface area contributed by atoms with E-state index < -0.39 is 0 Å². The van der Waals surface area contributed by atoms with Crippen molar-refractivity contribution in [3.05, 3.63) is 124 Å². The summed E-state index contributed by atoms with van der Waals surface area (Å²) in [5, 5.41) is 10.2. The molecule has 5 rings (SSSR count). The van der Waals surface area contributed by atoms with Gasteiger partial charge in [-0.2, -0.15) is 5.10 Å². The van der Waals surface area contributed by atoms with Crippen LogP contribution in [-0.4, -0.2) is 23.3 Å². The minimum absolute atomic E-state index is 0.128. The molecule has 0 saturated heterocycles. The molecular formula is C28H20Cl2FN3O2. The monoisotopic (exact) mass is 519 g/mol. The number of hydrogen-bond acceptors (Lipinski definition) is 3. The second-order valence-electron chi connectivity index (χ2n) is 8.19. The number of anilines is 1. The van der Waals surface area contributed by atoms with Gasteiger partial charge in [-0.25, -0.2) is 14.2 Å². The average Bonchev–Trinajstić information content (AvgIpc) is 3.32. The summed E-state index contributed by atoms with van der Waals surface area (Å²) in [6.45, 7) is 0.367. The van der Waals surface area contributed by atoms with E-state index in [1.54, 1.807) is 48.5 Å². The number of hydrazone groups is 1. The van der Waals surface area contributed by atoms with Gasteiger partial charge in [0.05, 0.1) is 12.3 Å². The largest absolute Gasteiger partial charge is 0.457 e. The van der Waals surface area contributed by atoms with Gasteiger partial charge < -0.3 is 10.1 Å². The summed E-state index contributed by atoms with van der Waals surface area (Å²) >= 11 is 12.1. The van der Waals surface area contributed by atoms with Gasteiger partial charge in [0.25, 0.3) is 0 Å². The van der Waals surface area contributed by atoms with Crippen molar-refractivity contribution in [3.63, 3.8) is 0 Å². The van der Waals surface area contributed by atoms with E-state index in [4.69, 9.17) is 27.9 Å². The van der Waals surface area contributed by atoms with E-state index in [2.05, 4.69) is 10.4 Å². The number of rotatable bonds is 5. The van der Waals surface area contributed by atoms with Crippen molar-refractivity contribution in [2.24, 2.45) is 5.10 Å². The molecule has 8 heteroatoms. The highest BCUT2D eigenvalue weighted by atomic mass is 35.5. The first-order valence-corrected chi connectivity index (χ1v) is 11.9. The highest BCUT2D eigenvalue weighted by Crippen LogP contribution is 2.31. The van der Waals surface area contributed by atoms with Gasteiger partial charge in [-0.15, -0.1) is 0 Å². The molecule has 0 fully saturated rings. The van der Waals surface area contributed by atoms with Crippen molar-refractivity contribution in [1.82, 2.24) is 5.01 Å². The summed E-state index contributed by atoms with van der Waals surface area (Å²) in [6, 6.07) is 27.3. The maximum absolute atomic E-state index is 13.4. The van der Waals surface area contributed by atoms with Crippen molar-refractivity contribution in [1.29, 1.82) is 0 Å². The second-order valence-corrected chi connectivity index (χ2v) is 9.07. The number of ether oxygens (including phenoxy) is 1. The Morgan fingerprint density at radius 3 is 2.22 bits per heavy atom. The van der Waals surface area contributed by atoms with Gasteiger partial charge >= 0.3 is 6.03 Å². The lowest BCUT2D eigenvalue weighted by molar-refractivity contribution is 0.218. The third-order valence-corrected chi connectivity index (χ3v) is 6.20. The molecule has 1 aliphatic rings. The third-order valence-electron chi connectivity index (χ3n) is 5.70. The van der Waals surface area contributed by atoms with Crippen LogP contribution in [-0.2, 0) is 0 Å². The summed E-state index contributed by atoms with van der Waals surface area (Å²) in [7, 11) is 0. The van der Waals surface area contributed by atoms with E-state index in [0.29, 0.717) is 33.8 Å². The molecule has 1 atom stereocenters. The molecule has 5 nitrogen and oxygen atoms in total. The zero-order chi connectivity index (χ0) is 25.1. The predicted octanol–water partition coefficient (Wildman–Crippen LogP) is 7.96. The molecule has 2 amide bonds. The highest BCUT2D eigenvalue weighted by molar-refractivity contribution is 6.31. The van der Waals surface area contributed by atoms with E-state index in [1.165, 1.54) is 17.1 Å². The van der Waals surface area contributed by atoms with Crippen molar-refractivity contribution >= 4 is 40.6 Å². The first-order valence-electron chi connectivity index (χ1n) is 11.2. The van der Waals surface area contributed by atoms with Crippen LogP contribution in [0.3, 0.4) is 0 Å². The summed E-state index contributed by atoms with van der Waals surface area (Å²) < 4.78 is 19.0. The molecule has 1 heterocycles. The maximum Gasteiger partial charge on any atom is 0.342 e. The fourth-order valence-corrected chi connectivity index (χ4v) is 4.18. The smallest absolute Gasteiger partial charge is 0.342 e. The molecule has 4 aromatic carbocycles. The lowest BCUT2D eigenvalue weighted by Crippen LogP contribution is -2.30. The first-order chi connectivity index (χ1) is 17.4. The van der Waals surface area contributed by atoms with Gasteiger partial charge in [-0.3, -0.25) is 0 Å². The second kappa shape index (κ2) is 10.4. The van der Waals surface area contributed by atoms with Gasteiger partial charge in [-0.05, 0) is 71.8 Å². The van der Waals surface area contributed by atoms with E-state index >= 15 is 0 Å². The van der Waals surface area contributed by atoms with E-state index in [-0.39, 0.29) is 17.8 Å². The van der Waals surface area contributed by atoms with Crippen LogP contribution in [0.1, 0.15) is 17.0 Å². The summed E-state index contributed by atoms with van der Waals surface area (Å²) in [4.78, 5) is 13.1. The Morgan fingerprint density at radius 2 is 1.56 bits per heavy atom. The topological polar surface area (TPSA) is 53.9 Å². The normalized spacial score (nSPS) is 14.9. The molecule has 4 aromatic rings. The summed E-state index contributed by atoms with van der Waals surface area (Å²) in [5.41, 5.74) is 3.23. The molecule has 0 radical (unpaired) electrons. The van der Waals surface area contributed by atoms with Crippen molar-refractivity contribution in [3.8, 4) is 11.5 Å². The van der Waals surface area contributed by atoms with Crippen molar-refractivity contribution in [2.45, 2.75) is 5.92 Å². The van der Waals surface area contributed by atoms with Gasteiger partial charge in [0.1, 0.15) is 17.3 Å². The lowest BCUT2D eigenvalue weighted by atomic mass is 9.91. The molecular weight excluding hydrogens is 500 g/mol. The van der Waals surface area contributed by atoms with Crippen molar-refractivity contribution < 1.29 is 13.9 Å². The molecule has 0 aliphatic carbocycles. The van der Waals surface area contributed by atoms with Crippen LogP contribution in [0.25, 0.3) is 0 Å². The van der Waals surface area contributed by atoms with Crippen LogP contribution in [0, 0.1) is 5.82 Å². The molecule has 1 N–H and O–H groups in total. The van der Waals surface area contributed by atoms with Gasteiger partial charge in [0, 0.05) is 27.7 Å². The zero-order valence-electron chi connectivity index (χ0n) is 18.9. The van der Waals surface area contributed by atoms with Gasteiger partial charge in [0.15, 0.2) is 0 Å². The Labute approximate surface area is 217 Å². The van der Waals surface area contributed by atoms with Crippen LogP contribution in [0.4, 0.5) is 14.9 Å². The molecule has 0 aromatic heterocycles. The summed E-state index contributed by atoms with van der Waals surface area (Å²) in [5.74, 6) is 0.403. The number of hydrogen-bond donors (Lipinski definition) is 1. The Kier molecular flexibility index (Phi) is 6.89. The van der Waals surface area contributed by atoms with Crippen LogP contribution in [0.5, 0.6) is 11.5 Å². The molecule has 180 valence electrons. The molecule has 0 spiro atoms. The Bertz CT molecular complexity index is 1410. The molecule has 1 unspecified atom stereocenters. The number of halogens is 3. The van der Waals surface area contributed by atoms with Gasteiger partial charge in [-0.1, -0.05) is 53.5 Å². The fraction of sp³-hybridized carbons (Fsp3) is 0.0714. The molecule has 0 saturated carbocycles. The van der Waals surface area contributed by atoms with Crippen LogP contribution >= 0.6 is 23.2 Å². The minimum atomic E-state index is -0.377. The van der Waals surface area contributed by atoms with E-state index in [1.807, 2.05) is 36.4 Å². The first kappa shape index (κ1) is 23.9. The molecule has 36 heavy (non-hydrogen) atoms. The van der Waals surface area contributed by atoms with Crippen LogP contribution in [0.15, 0.2) is 102 Å². The minimum Gasteiger partial charge on any atom is -0.457 e. The zero-order valence-corrected chi connectivity index (χ0v) is 20.4. The van der Waals surface area contributed by atoms with E-state index in [9.17, 15) is 9.18 Å². The van der Waals surface area contributed by atoms with Crippen LogP contribution < -0.4 is 10.1 Å². The van der Waals surface area contributed by atoms with Crippen LogP contribution in [0.2, 0.25) is 10.0 Å². The predicted molar refractivity (Wildman–Crippen MR) is 141 cm³/mol. The standard InChI is InChI=1S/C28H20Cl2FN3O2/c29-20-8-4-18(5-9-20)26-17-34(33-27(26)19-6-10-21(30)11-7-19)28(35)32-23-12-14-24(15-13-23)36-25-3-1-2-22(31)16-25/h1-16,26H,17H2,(H,32,35). The average molecular weight is 520 g/mol. The Hall–Kier alpha value is -3.87. The molecule has 0 bridgehead atoms. The summed E-state index contributed by atoms with van der Waals surface area (Å²) in [6.07, 6.45) is 0. The number of carbonyl (C=O) groups is 1. The SMILES string of the molecule is O=C(Nc1ccc(Oc2cccc(F)c2)cc1)N1CC(c2ccc(Cl)cc2)C(c2ccc(Cl)cc2)=N1. The van der Waals surface area contributed by atoms with Crippen molar-refractivity contribution in [2.75, 3.05) is 11.9 Å². The number of nitrogens with zero attached hydrogens (tertiary/aromatic N) is 2. The fourth-order valence-electron chi connectivity index (χ4n) is 3.93. The number of nitrogens with one attached hydrogen (secondary N) is 1. The third kappa shape index (κ3) is 5.51. The number of benzene rings is 4. The number of amides is 2. The Morgan fingerprint density at radius 1 is 0.889 bits per heavy atom. The molecule has 1 aliphatic heterocycles. The Balaban J connectivity index is 1.32. The lowest BCUT2D eigenvalue weighted by Gasteiger charge is -2.16. The van der Waals surface area contributed by atoms with Gasteiger partial charge in [0.2, 0.25) is 0 Å². The van der Waals surface area contributed by atoms with E-state index in [0.717, 1.165) is 16.8 Å². The highest BCUT2D eigenvalue weighted by Gasteiger charge is 2.32. The number of urea groups is 1. The number of carbonyl (C=O) groups excluding carboxylic acids is 1. The quantitative estimate of drug-likeness (QED) is 0.290. The maximum atomic E-state index is 13.4.